The molecule has 0 fully saturated rings. The van der Waals surface area contributed by atoms with Crippen LogP contribution in [0.5, 0.6) is 0 Å². The van der Waals surface area contributed by atoms with Crippen molar-refractivity contribution in [3.63, 3.8) is 0 Å². The van der Waals surface area contributed by atoms with E-state index in [1.54, 1.807) is 6.92 Å². The molecule has 0 saturated heterocycles. The normalized spacial score (nSPS) is 10.3. The minimum Gasteiger partial charge on any atom is -0.478 e. The minimum atomic E-state index is -1.22. The van der Waals surface area contributed by atoms with Gasteiger partial charge in [-0.05, 0) is 36.2 Å². The Morgan fingerprint density at radius 3 is 2.50 bits per heavy atom. The van der Waals surface area contributed by atoms with Crippen LogP contribution >= 0.6 is 0 Å². The van der Waals surface area contributed by atoms with E-state index in [9.17, 15) is 19.3 Å². The third-order valence-electron chi connectivity index (χ3n) is 2.93. The smallest absolute Gasteiger partial charge is 0.336 e. The van der Waals surface area contributed by atoms with Crippen LogP contribution < -0.4 is 0 Å². The lowest BCUT2D eigenvalue weighted by Crippen LogP contribution is -2.02. The van der Waals surface area contributed by atoms with Gasteiger partial charge < -0.3 is 5.11 Å². The van der Waals surface area contributed by atoms with E-state index in [2.05, 4.69) is 0 Å². The van der Waals surface area contributed by atoms with Gasteiger partial charge in [-0.15, -0.1) is 0 Å². The highest BCUT2D eigenvalue weighted by Gasteiger charge is 2.18. The average Bonchev–Trinajstić information content (AvgIpc) is 2.40. The lowest BCUT2D eigenvalue weighted by atomic mass is 9.95. The molecule has 102 valence electrons. The van der Waals surface area contributed by atoms with Gasteiger partial charge in [-0.25, -0.2) is 9.18 Å². The van der Waals surface area contributed by atoms with Crippen molar-refractivity contribution in [1.82, 2.24) is 0 Å². The molecule has 5 nitrogen and oxygen atoms in total. The highest BCUT2D eigenvalue weighted by atomic mass is 19.1. The van der Waals surface area contributed by atoms with Gasteiger partial charge >= 0.3 is 5.97 Å². The van der Waals surface area contributed by atoms with Gasteiger partial charge in [0.25, 0.3) is 5.69 Å². The third-order valence-corrected chi connectivity index (χ3v) is 2.93. The number of nitro groups is 1. The molecular formula is C14H10FNO4. The first kappa shape index (κ1) is 13.7. The fourth-order valence-corrected chi connectivity index (χ4v) is 1.94. The largest absolute Gasteiger partial charge is 0.478 e. The molecule has 6 heteroatoms. The van der Waals surface area contributed by atoms with Crippen LogP contribution in [0.3, 0.4) is 0 Å². The number of halogens is 1. The van der Waals surface area contributed by atoms with Gasteiger partial charge in [0.15, 0.2) is 0 Å². The predicted molar refractivity (Wildman–Crippen MR) is 70.2 cm³/mol. The van der Waals surface area contributed by atoms with Crippen LogP contribution in [0.25, 0.3) is 11.1 Å². The lowest BCUT2D eigenvalue weighted by molar-refractivity contribution is -0.384. The molecule has 0 spiro atoms. The van der Waals surface area contributed by atoms with E-state index in [-0.39, 0.29) is 16.8 Å². The highest BCUT2D eigenvalue weighted by molar-refractivity contribution is 5.97. The molecule has 2 aromatic rings. The molecule has 2 aromatic carbocycles. The molecular weight excluding hydrogens is 265 g/mol. The van der Waals surface area contributed by atoms with Crippen molar-refractivity contribution in [3.05, 3.63) is 63.5 Å². The summed E-state index contributed by atoms with van der Waals surface area (Å²) in [6, 6.07) is 7.32. The SMILES string of the molecule is Cc1ccc(F)cc1-c1cc([N+](=O)[O-])ccc1C(=O)O. The fourth-order valence-electron chi connectivity index (χ4n) is 1.94. The van der Waals surface area contributed by atoms with E-state index in [0.717, 1.165) is 18.2 Å². The minimum absolute atomic E-state index is 0.107. The first-order chi connectivity index (χ1) is 9.40. The quantitative estimate of drug-likeness (QED) is 0.687. The Kier molecular flexibility index (Phi) is 3.47. The van der Waals surface area contributed by atoms with Crippen LogP contribution in [0.1, 0.15) is 15.9 Å². The molecule has 0 aliphatic rings. The Balaban J connectivity index is 2.75. The average molecular weight is 275 g/mol. The second-order valence-corrected chi connectivity index (χ2v) is 4.25. The van der Waals surface area contributed by atoms with Crippen molar-refractivity contribution in [1.29, 1.82) is 0 Å². The Bertz CT molecular complexity index is 712. The van der Waals surface area contributed by atoms with Crippen molar-refractivity contribution < 1.29 is 19.2 Å². The number of aromatic carboxylic acids is 1. The number of carboxylic acids is 1. The lowest BCUT2D eigenvalue weighted by Gasteiger charge is -2.09. The molecule has 1 N–H and O–H groups in total. The summed E-state index contributed by atoms with van der Waals surface area (Å²) in [6.45, 7) is 1.68. The summed E-state index contributed by atoms with van der Waals surface area (Å²) in [7, 11) is 0. The van der Waals surface area contributed by atoms with Gasteiger partial charge in [0, 0.05) is 17.7 Å². The number of aryl methyl sites for hydroxylation is 1. The molecule has 0 unspecified atom stereocenters. The van der Waals surface area contributed by atoms with Gasteiger partial charge in [0.05, 0.1) is 10.5 Å². The van der Waals surface area contributed by atoms with Gasteiger partial charge in [0.1, 0.15) is 5.82 Å². The molecule has 0 saturated carbocycles. The first-order valence-electron chi connectivity index (χ1n) is 5.68. The number of nitrogens with zero attached hydrogens (tertiary/aromatic N) is 1. The fraction of sp³-hybridized carbons (Fsp3) is 0.0714. The van der Waals surface area contributed by atoms with Crippen LogP contribution in [-0.4, -0.2) is 16.0 Å². The summed E-state index contributed by atoms with van der Waals surface area (Å²) in [5.41, 5.74) is 0.738. The Labute approximate surface area is 113 Å². The molecule has 0 atom stereocenters. The Hall–Kier alpha value is -2.76. The standard InChI is InChI=1S/C14H10FNO4/c1-8-2-3-9(15)6-12(8)13-7-10(16(19)20)4-5-11(13)14(17)18/h2-7H,1H3,(H,17,18). The molecule has 0 radical (unpaired) electrons. The van der Waals surface area contributed by atoms with Crippen LogP contribution in [0.2, 0.25) is 0 Å². The zero-order chi connectivity index (χ0) is 14.9. The number of benzene rings is 2. The zero-order valence-corrected chi connectivity index (χ0v) is 10.5. The van der Waals surface area contributed by atoms with E-state index >= 15 is 0 Å². The number of rotatable bonds is 3. The van der Waals surface area contributed by atoms with Crippen LogP contribution in [0.4, 0.5) is 10.1 Å². The molecule has 0 aromatic heterocycles. The summed E-state index contributed by atoms with van der Waals surface area (Å²) in [5.74, 6) is -1.76. The number of non-ortho nitro benzene ring substituents is 1. The molecule has 0 aliphatic carbocycles. The maximum absolute atomic E-state index is 13.3. The van der Waals surface area contributed by atoms with Gasteiger partial charge in [0.2, 0.25) is 0 Å². The number of carboxylic acid groups (broad SMARTS) is 1. The molecule has 0 aliphatic heterocycles. The molecule has 0 bridgehead atoms. The Morgan fingerprint density at radius 2 is 1.90 bits per heavy atom. The topological polar surface area (TPSA) is 80.4 Å². The van der Waals surface area contributed by atoms with E-state index in [1.165, 1.54) is 18.2 Å². The number of hydrogen-bond acceptors (Lipinski definition) is 3. The second-order valence-electron chi connectivity index (χ2n) is 4.25. The Morgan fingerprint density at radius 1 is 1.20 bits per heavy atom. The molecule has 2 rings (SSSR count). The van der Waals surface area contributed by atoms with Gasteiger partial charge in [-0.1, -0.05) is 6.07 Å². The van der Waals surface area contributed by atoms with E-state index in [1.807, 2.05) is 0 Å². The maximum Gasteiger partial charge on any atom is 0.336 e. The third kappa shape index (κ3) is 2.49. The van der Waals surface area contributed by atoms with Crippen molar-refractivity contribution >= 4 is 11.7 Å². The van der Waals surface area contributed by atoms with E-state index in [4.69, 9.17) is 5.11 Å². The maximum atomic E-state index is 13.3. The van der Waals surface area contributed by atoms with E-state index in [0.29, 0.717) is 11.1 Å². The van der Waals surface area contributed by atoms with Gasteiger partial charge in [-0.3, -0.25) is 10.1 Å². The van der Waals surface area contributed by atoms with Crippen molar-refractivity contribution in [2.75, 3.05) is 0 Å². The van der Waals surface area contributed by atoms with Crippen LogP contribution in [0, 0.1) is 22.9 Å². The van der Waals surface area contributed by atoms with E-state index < -0.39 is 16.7 Å². The van der Waals surface area contributed by atoms with Crippen molar-refractivity contribution in [3.8, 4) is 11.1 Å². The van der Waals surface area contributed by atoms with Crippen LogP contribution in [-0.2, 0) is 0 Å². The molecule has 0 amide bonds. The number of hydrogen-bond donors (Lipinski definition) is 1. The first-order valence-corrected chi connectivity index (χ1v) is 5.68. The second kappa shape index (κ2) is 5.08. The highest BCUT2D eigenvalue weighted by Crippen LogP contribution is 2.31. The van der Waals surface area contributed by atoms with Crippen molar-refractivity contribution in [2.24, 2.45) is 0 Å². The van der Waals surface area contributed by atoms with Gasteiger partial charge in [-0.2, -0.15) is 0 Å². The number of carbonyl (C=O) groups is 1. The summed E-state index contributed by atoms with van der Waals surface area (Å²) in [4.78, 5) is 21.4. The predicted octanol–water partition coefficient (Wildman–Crippen LogP) is 3.41. The summed E-state index contributed by atoms with van der Waals surface area (Å²) >= 11 is 0. The summed E-state index contributed by atoms with van der Waals surface area (Å²) < 4.78 is 13.3. The summed E-state index contributed by atoms with van der Waals surface area (Å²) in [6.07, 6.45) is 0. The number of nitro benzene ring substituents is 1. The van der Waals surface area contributed by atoms with Crippen molar-refractivity contribution in [2.45, 2.75) is 6.92 Å². The van der Waals surface area contributed by atoms with Crippen LogP contribution in [0.15, 0.2) is 36.4 Å². The molecule has 20 heavy (non-hydrogen) atoms. The summed E-state index contributed by atoms with van der Waals surface area (Å²) in [5, 5.41) is 20.0. The monoisotopic (exact) mass is 275 g/mol. The molecule has 0 heterocycles. The zero-order valence-electron chi connectivity index (χ0n) is 10.5.